The van der Waals surface area contributed by atoms with Gasteiger partial charge < -0.3 is 10.4 Å². The Labute approximate surface area is 101 Å². The van der Waals surface area contributed by atoms with Crippen molar-refractivity contribution in [3.63, 3.8) is 0 Å². The van der Waals surface area contributed by atoms with Gasteiger partial charge in [0.15, 0.2) is 0 Å². The minimum Gasteiger partial charge on any atom is -0.391 e. The van der Waals surface area contributed by atoms with Gasteiger partial charge in [0.25, 0.3) is 0 Å². The maximum atomic E-state index is 9.70. The molecule has 0 fully saturated rings. The molecule has 2 N–H and O–H groups in total. The van der Waals surface area contributed by atoms with E-state index in [2.05, 4.69) is 29.1 Å². The third kappa shape index (κ3) is 6.05. The van der Waals surface area contributed by atoms with Crippen LogP contribution >= 0.6 is 11.8 Å². The van der Waals surface area contributed by atoms with Crippen LogP contribution in [-0.2, 0) is 0 Å². The minimum atomic E-state index is -0.335. The lowest BCUT2D eigenvalue weighted by Gasteiger charge is -2.12. The van der Waals surface area contributed by atoms with Crippen LogP contribution in [0, 0.1) is 5.92 Å². The predicted octanol–water partition coefficient (Wildman–Crippen LogP) is 1.18. The van der Waals surface area contributed by atoms with Gasteiger partial charge in [0, 0.05) is 18.5 Å². The minimum absolute atomic E-state index is 0.335. The van der Waals surface area contributed by atoms with Crippen LogP contribution in [0.5, 0.6) is 0 Å². The molecule has 0 spiro atoms. The number of hydrogen-bond acceptors (Lipinski definition) is 5. The fourth-order valence-electron chi connectivity index (χ4n) is 1.14. The second-order valence-electron chi connectivity index (χ2n) is 4.06. The largest absolute Gasteiger partial charge is 0.391 e. The molecule has 0 saturated heterocycles. The summed E-state index contributed by atoms with van der Waals surface area (Å²) in [6.07, 6.45) is 2.89. The summed E-state index contributed by atoms with van der Waals surface area (Å²) in [5, 5.41) is 13.8. The van der Waals surface area contributed by atoms with E-state index in [1.807, 2.05) is 6.07 Å². The molecule has 4 nitrogen and oxygen atoms in total. The Morgan fingerprint density at radius 1 is 1.44 bits per heavy atom. The van der Waals surface area contributed by atoms with Crippen LogP contribution < -0.4 is 5.32 Å². The quantitative estimate of drug-likeness (QED) is 0.554. The van der Waals surface area contributed by atoms with E-state index in [0.29, 0.717) is 18.2 Å². The van der Waals surface area contributed by atoms with Crippen LogP contribution in [0.1, 0.15) is 13.8 Å². The number of hydrogen-bond donors (Lipinski definition) is 2. The van der Waals surface area contributed by atoms with E-state index < -0.39 is 0 Å². The predicted molar refractivity (Wildman–Crippen MR) is 66.5 cm³/mol. The monoisotopic (exact) mass is 241 g/mol. The highest BCUT2D eigenvalue weighted by Gasteiger charge is 2.05. The maximum Gasteiger partial charge on any atom is 0.116 e. The molecule has 1 aromatic rings. The summed E-state index contributed by atoms with van der Waals surface area (Å²) >= 11 is 1.55. The van der Waals surface area contributed by atoms with Crippen LogP contribution in [0.4, 0.5) is 0 Å². The number of aliphatic hydroxyl groups is 1. The molecule has 90 valence electrons. The summed E-state index contributed by atoms with van der Waals surface area (Å²) in [6, 6.07) is 1.85. The molecular weight excluding hydrogens is 222 g/mol. The highest BCUT2D eigenvalue weighted by molar-refractivity contribution is 7.99. The van der Waals surface area contributed by atoms with Crippen molar-refractivity contribution in [1.82, 2.24) is 15.3 Å². The first-order chi connectivity index (χ1) is 7.68. The Morgan fingerprint density at radius 3 is 2.88 bits per heavy atom. The first-order valence-corrected chi connectivity index (χ1v) is 6.44. The molecule has 0 bridgehead atoms. The van der Waals surface area contributed by atoms with Gasteiger partial charge in [-0.2, -0.15) is 0 Å². The molecule has 5 heteroatoms. The van der Waals surface area contributed by atoms with E-state index >= 15 is 0 Å². The van der Waals surface area contributed by atoms with Gasteiger partial charge in [-0.15, -0.1) is 11.8 Å². The van der Waals surface area contributed by atoms with Crippen molar-refractivity contribution in [2.45, 2.75) is 25.0 Å². The molecule has 0 saturated carbocycles. The third-order valence-electron chi connectivity index (χ3n) is 1.91. The molecule has 0 aliphatic carbocycles. The molecule has 0 aromatic carbocycles. The third-order valence-corrected chi connectivity index (χ3v) is 3.00. The summed E-state index contributed by atoms with van der Waals surface area (Å²) in [5.74, 6) is 1.27. The van der Waals surface area contributed by atoms with Gasteiger partial charge in [-0.25, -0.2) is 9.97 Å². The molecule has 1 aromatic heterocycles. The lowest BCUT2D eigenvalue weighted by atomic mass is 10.2. The molecule has 0 aliphatic heterocycles. The smallest absolute Gasteiger partial charge is 0.116 e. The van der Waals surface area contributed by atoms with Gasteiger partial charge in [-0.1, -0.05) is 13.8 Å². The van der Waals surface area contributed by atoms with Crippen LogP contribution in [-0.4, -0.2) is 40.0 Å². The number of thioether (sulfide) groups is 1. The summed E-state index contributed by atoms with van der Waals surface area (Å²) in [7, 11) is 0. The highest BCUT2D eigenvalue weighted by Crippen LogP contribution is 2.14. The average molecular weight is 241 g/mol. The summed E-state index contributed by atoms with van der Waals surface area (Å²) in [6.45, 7) is 5.87. The summed E-state index contributed by atoms with van der Waals surface area (Å²) in [5.41, 5.74) is 0. The van der Waals surface area contributed by atoms with E-state index in [9.17, 15) is 5.11 Å². The van der Waals surface area contributed by atoms with Crippen molar-refractivity contribution >= 4 is 11.8 Å². The Bertz CT molecular complexity index is 282. The van der Waals surface area contributed by atoms with Crippen LogP contribution in [0.2, 0.25) is 0 Å². The first kappa shape index (κ1) is 13.4. The van der Waals surface area contributed by atoms with E-state index in [4.69, 9.17) is 0 Å². The molecule has 1 atom stereocenters. The van der Waals surface area contributed by atoms with Crippen LogP contribution in [0.15, 0.2) is 23.6 Å². The van der Waals surface area contributed by atoms with Crippen molar-refractivity contribution in [3.8, 4) is 0 Å². The lowest BCUT2D eigenvalue weighted by molar-refractivity contribution is 0.194. The SMILES string of the molecule is CC(C)CNCC(O)CSc1ccncn1. The Balaban J connectivity index is 2.13. The average Bonchev–Trinajstić information content (AvgIpc) is 2.27. The van der Waals surface area contributed by atoms with Crippen molar-refractivity contribution in [2.24, 2.45) is 5.92 Å². The molecule has 0 amide bonds. The molecule has 0 aliphatic rings. The Hall–Kier alpha value is -0.650. The van der Waals surface area contributed by atoms with E-state index in [1.54, 1.807) is 18.0 Å². The van der Waals surface area contributed by atoms with Crippen molar-refractivity contribution in [2.75, 3.05) is 18.8 Å². The molecule has 1 heterocycles. The number of aromatic nitrogens is 2. The fourth-order valence-corrected chi connectivity index (χ4v) is 1.90. The van der Waals surface area contributed by atoms with Crippen LogP contribution in [0.3, 0.4) is 0 Å². The highest BCUT2D eigenvalue weighted by atomic mass is 32.2. The van der Waals surface area contributed by atoms with Gasteiger partial charge in [0.2, 0.25) is 0 Å². The summed E-state index contributed by atoms with van der Waals surface area (Å²) in [4.78, 5) is 7.92. The maximum absolute atomic E-state index is 9.70. The van der Waals surface area contributed by atoms with E-state index in [0.717, 1.165) is 11.6 Å². The van der Waals surface area contributed by atoms with Crippen molar-refractivity contribution < 1.29 is 5.11 Å². The molecular formula is C11H19N3OS. The van der Waals surface area contributed by atoms with E-state index in [1.165, 1.54) is 6.33 Å². The second-order valence-corrected chi connectivity index (χ2v) is 5.10. The lowest BCUT2D eigenvalue weighted by Crippen LogP contribution is -2.31. The van der Waals surface area contributed by atoms with Gasteiger partial charge >= 0.3 is 0 Å². The van der Waals surface area contributed by atoms with Crippen molar-refractivity contribution in [1.29, 1.82) is 0 Å². The first-order valence-electron chi connectivity index (χ1n) is 5.46. The topological polar surface area (TPSA) is 58.0 Å². The molecule has 0 radical (unpaired) electrons. The van der Waals surface area contributed by atoms with Crippen molar-refractivity contribution in [3.05, 3.63) is 18.6 Å². The molecule has 1 rings (SSSR count). The second kappa shape index (κ2) is 7.60. The number of nitrogens with zero attached hydrogens (tertiary/aromatic N) is 2. The zero-order chi connectivity index (χ0) is 11.8. The zero-order valence-corrected chi connectivity index (χ0v) is 10.6. The van der Waals surface area contributed by atoms with Gasteiger partial charge in [-0.3, -0.25) is 0 Å². The number of aliphatic hydroxyl groups excluding tert-OH is 1. The fraction of sp³-hybridized carbons (Fsp3) is 0.636. The van der Waals surface area contributed by atoms with Gasteiger partial charge in [0.05, 0.1) is 11.1 Å². The Morgan fingerprint density at radius 2 is 2.25 bits per heavy atom. The number of nitrogens with one attached hydrogen (secondary N) is 1. The molecule has 1 unspecified atom stereocenters. The van der Waals surface area contributed by atoms with Gasteiger partial charge in [-0.05, 0) is 18.5 Å². The van der Waals surface area contributed by atoms with Crippen LogP contribution in [0.25, 0.3) is 0 Å². The molecule has 16 heavy (non-hydrogen) atoms. The van der Waals surface area contributed by atoms with E-state index in [-0.39, 0.29) is 6.10 Å². The normalized spacial score (nSPS) is 13.0. The summed E-state index contributed by atoms with van der Waals surface area (Å²) < 4.78 is 0. The van der Waals surface area contributed by atoms with Gasteiger partial charge in [0.1, 0.15) is 6.33 Å². The Kier molecular flexibility index (Phi) is 6.37. The zero-order valence-electron chi connectivity index (χ0n) is 9.76. The number of rotatable bonds is 7. The standard InChI is InChI=1S/C11H19N3OS/c1-9(2)5-13-6-10(15)7-16-11-3-4-12-8-14-11/h3-4,8-10,13,15H,5-7H2,1-2H3.